The number of halogens is 1. The molecule has 0 aromatic heterocycles. The van der Waals surface area contributed by atoms with Crippen LogP contribution in [-0.2, 0) is 11.2 Å². The molecule has 1 unspecified atom stereocenters. The molecule has 92 valence electrons. The van der Waals surface area contributed by atoms with Crippen LogP contribution >= 0.6 is 15.9 Å². The van der Waals surface area contributed by atoms with E-state index in [4.69, 9.17) is 14.6 Å². The molecule has 0 spiro atoms. The lowest BCUT2D eigenvalue weighted by molar-refractivity contribution is -0.141. The minimum absolute atomic E-state index is 0.419. The highest BCUT2D eigenvalue weighted by molar-refractivity contribution is 9.10. The van der Waals surface area contributed by atoms with Gasteiger partial charge in [0.25, 0.3) is 0 Å². The van der Waals surface area contributed by atoms with Gasteiger partial charge in [0.2, 0.25) is 0 Å². The van der Waals surface area contributed by atoms with Crippen molar-refractivity contribution < 1.29 is 19.4 Å². The van der Waals surface area contributed by atoms with Gasteiger partial charge in [-0.3, -0.25) is 4.79 Å². The van der Waals surface area contributed by atoms with E-state index in [-0.39, 0.29) is 0 Å². The van der Waals surface area contributed by atoms with Crippen LogP contribution in [0.3, 0.4) is 0 Å². The molecule has 1 aromatic rings. The molecular weight excluding hydrogens is 288 g/mol. The normalized spacial score (nSPS) is 15.4. The second kappa shape index (κ2) is 4.96. The lowest BCUT2D eigenvalue weighted by Crippen LogP contribution is -2.19. The Balaban J connectivity index is 2.34. The second-order valence-corrected chi connectivity index (χ2v) is 4.85. The first-order valence-corrected chi connectivity index (χ1v) is 6.18. The van der Waals surface area contributed by atoms with Gasteiger partial charge in [-0.25, -0.2) is 0 Å². The van der Waals surface area contributed by atoms with E-state index in [1.54, 1.807) is 6.92 Å². The van der Waals surface area contributed by atoms with Gasteiger partial charge in [-0.05, 0) is 18.6 Å². The number of hydrogen-bond donors (Lipinski definition) is 1. The van der Waals surface area contributed by atoms with Gasteiger partial charge in [0.05, 0.1) is 5.92 Å². The first-order valence-electron chi connectivity index (χ1n) is 5.39. The summed E-state index contributed by atoms with van der Waals surface area (Å²) in [6.45, 7) is 2.71. The summed E-state index contributed by atoms with van der Waals surface area (Å²) in [6.07, 6.45) is 0.419. The van der Waals surface area contributed by atoms with Crippen LogP contribution in [0.5, 0.6) is 11.5 Å². The third kappa shape index (κ3) is 2.54. The summed E-state index contributed by atoms with van der Waals surface area (Å²) < 4.78 is 11.9. The largest absolute Gasteiger partial charge is 0.486 e. The summed E-state index contributed by atoms with van der Waals surface area (Å²) in [7, 11) is 0. The van der Waals surface area contributed by atoms with Crippen molar-refractivity contribution in [1.82, 2.24) is 0 Å². The van der Waals surface area contributed by atoms with Crippen molar-refractivity contribution in [3.8, 4) is 11.5 Å². The van der Waals surface area contributed by atoms with Gasteiger partial charge >= 0.3 is 5.97 Å². The number of carbonyl (C=O) groups is 1. The summed E-state index contributed by atoms with van der Waals surface area (Å²) in [5, 5.41) is 8.95. The number of carboxylic acid groups (broad SMARTS) is 1. The molecule has 4 nitrogen and oxygen atoms in total. The molecule has 0 amide bonds. The molecule has 17 heavy (non-hydrogen) atoms. The first-order chi connectivity index (χ1) is 8.09. The van der Waals surface area contributed by atoms with Crippen molar-refractivity contribution in [3.05, 3.63) is 22.2 Å². The van der Waals surface area contributed by atoms with E-state index in [1.165, 1.54) is 0 Å². The van der Waals surface area contributed by atoms with E-state index < -0.39 is 11.9 Å². The molecule has 2 rings (SSSR count). The predicted molar refractivity (Wildman–Crippen MR) is 65.6 cm³/mol. The highest BCUT2D eigenvalue weighted by Crippen LogP contribution is 2.39. The van der Waals surface area contributed by atoms with E-state index in [2.05, 4.69) is 15.9 Å². The van der Waals surface area contributed by atoms with Crippen molar-refractivity contribution >= 4 is 21.9 Å². The zero-order chi connectivity index (χ0) is 12.4. The van der Waals surface area contributed by atoms with Crippen LogP contribution in [0.25, 0.3) is 0 Å². The zero-order valence-corrected chi connectivity index (χ0v) is 11.0. The second-order valence-electron chi connectivity index (χ2n) is 3.99. The van der Waals surface area contributed by atoms with E-state index in [0.29, 0.717) is 31.1 Å². The smallest absolute Gasteiger partial charge is 0.306 e. The van der Waals surface area contributed by atoms with Crippen LogP contribution in [0.4, 0.5) is 0 Å². The Morgan fingerprint density at radius 1 is 1.47 bits per heavy atom. The van der Waals surface area contributed by atoms with Crippen LogP contribution < -0.4 is 9.47 Å². The van der Waals surface area contributed by atoms with Crippen LogP contribution in [0.2, 0.25) is 0 Å². The topological polar surface area (TPSA) is 55.8 Å². The fourth-order valence-electron chi connectivity index (χ4n) is 1.73. The van der Waals surface area contributed by atoms with Gasteiger partial charge in [-0.15, -0.1) is 0 Å². The Kier molecular flexibility index (Phi) is 3.57. The average molecular weight is 301 g/mol. The van der Waals surface area contributed by atoms with Gasteiger partial charge in [-0.1, -0.05) is 22.9 Å². The summed E-state index contributed by atoms with van der Waals surface area (Å²) in [4.78, 5) is 10.9. The number of fused-ring (bicyclic) bond motifs is 1. The van der Waals surface area contributed by atoms with Crippen molar-refractivity contribution in [2.24, 2.45) is 5.92 Å². The average Bonchev–Trinajstić information content (AvgIpc) is 2.32. The Bertz CT molecular complexity index is 444. The minimum Gasteiger partial charge on any atom is -0.486 e. The zero-order valence-electron chi connectivity index (χ0n) is 9.40. The standard InChI is InChI=1S/C12H13BrO4/c1-7(12(14)15)6-8-9(13)2-3-10-11(8)17-5-4-16-10/h2-3,7H,4-6H2,1H3,(H,14,15). The van der Waals surface area contributed by atoms with Gasteiger partial charge in [0.1, 0.15) is 13.2 Å². The fraction of sp³-hybridized carbons (Fsp3) is 0.417. The molecule has 0 bridgehead atoms. The molecule has 1 aromatic carbocycles. The monoisotopic (exact) mass is 300 g/mol. The van der Waals surface area contributed by atoms with Crippen molar-refractivity contribution in [3.63, 3.8) is 0 Å². The highest BCUT2D eigenvalue weighted by Gasteiger charge is 2.22. The Hall–Kier alpha value is -1.23. The summed E-state index contributed by atoms with van der Waals surface area (Å²) in [6, 6.07) is 3.69. The SMILES string of the molecule is CC(Cc1c(Br)ccc2c1OCCO2)C(=O)O. The Labute approximate surface area is 108 Å². The van der Waals surface area contributed by atoms with Gasteiger partial charge in [0.15, 0.2) is 11.5 Å². The first kappa shape index (κ1) is 12.2. The van der Waals surface area contributed by atoms with E-state index in [9.17, 15) is 4.79 Å². The third-order valence-corrected chi connectivity index (χ3v) is 3.43. The maximum atomic E-state index is 10.9. The number of hydrogen-bond acceptors (Lipinski definition) is 3. The lowest BCUT2D eigenvalue weighted by atomic mass is 10.00. The van der Waals surface area contributed by atoms with Gasteiger partial charge in [-0.2, -0.15) is 0 Å². The summed E-state index contributed by atoms with van der Waals surface area (Å²) in [5.41, 5.74) is 0.858. The van der Waals surface area contributed by atoms with Crippen molar-refractivity contribution in [2.75, 3.05) is 13.2 Å². The summed E-state index contributed by atoms with van der Waals surface area (Å²) in [5.74, 6) is 0.0836. The quantitative estimate of drug-likeness (QED) is 0.932. The van der Waals surface area contributed by atoms with E-state index in [0.717, 1.165) is 10.0 Å². The van der Waals surface area contributed by atoms with Crippen LogP contribution in [0, 0.1) is 5.92 Å². The Morgan fingerprint density at radius 2 is 2.18 bits per heavy atom. The molecule has 0 saturated heterocycles. The summed E-state index contributed by atoms with van der Waals surface area (Å²) >= 11 is 3.42. The molecule has 0 saturated carbocycles. The van der Waals surface area contributed by atoms with Crippen LogP contribution in [0.1, 0.15) is 12.5 Å². The molecule has 1 atom stereocenters. The van der Waals surface area contributed by atoms with Crippen LogP contribution in [-0.4, -0.2) is 24.3 Å². The molecule has 1 N–H and O–H groups in total. The number of carboxylic acids is 1. The minimum atomic E-state index is -0.814. The third-order valence-electron chi connectivity index (χ3n) is 2.69. The number of benzene rings is 1. The number of aliphatic carboxylic acids is 1. The van der Waals surface area contributed by atoms with E-state index in [1.807, 2.05) is 12.1 Å². The lowest BCUT2D eigenvalue weighted by Gasteiger charge is -2.22. The molecule has 5 heteroatoms. The Morgan fingerprint density at radius 3 is 2.88 bits per heavy atom. The number of ether oxygens (including phenoxy) is 2. The maximum Gasteiger partial charge on any atom is 0.306 e. The number of rotatable bonds is 3. The molecule has 1 aliphatic rings. The fourth-order valence-corrected chi connectivity index (χ4v) is 2.21. The van der Waals surface area contributed by atoms with Crippen molar-refractivity contribution in [1.29, 1.82) is 0 Å². The predicted octanol–water partition coefficient (Wildman–Crippen LogP) is 2.48. The van der Waals surface area contributed by atoms with Crippen molar-refractivity contribution in [2.45, 2.75) is 13.3 Å². The molecule has 1 aliphatic heterocycles. The molecule has 1 heterocycles. The van der Waals surface area contributed by atoms with E-state index >= 15 is 0 Å². The molecule has 0 aliphatic carbocycles. The van der Waals surface area contributed by atoms with Gasteiger partial charge < -0.3 is 14.6 Å². The van der Waals surface area contributed by atoms with Gasteiger partial charge in [0, 0.05) is 10.0 Å². The molecule has 0 fully saturated rings. The van der Waals surface area contributed by atoms with Crippen LogP contribution in [0.15, 0.2) is 16.6 Å². The maximum absolute atomic E-state index is 10.9. The highest BCUT2D eigenvalue weighted by atomic mass is 79.9. The molecular formula is C12H13BrO4. The molecule has 0 radical (unpaired) electrons.